The van der Waals surface area contributed by atoms with Gasteiger partial charge in [-0.25, -0.2) is 0 Å². The Kier molecular flexibility index (Phi) is 5.11. The summed E-state index contributed by atoms with van der Waals surface area (Å²) in [5.41, 5.74) is 0.782. The predicted molar refractivity (Wildman–Crippen MR) is 88.9 cm³/mol. The summed E-state index contributed by atoms with van der Waals surface area (Å²) in [5.74, 6) is 0. The largest absolute Gasteiger partial charge is 0.295 e. The second-order valence-electron chi connectivity index (χ2n) is 4.11. The molecule has 0 saturated carbocycles. The molecule has 0 aliphatic heterocycles. The highest BCUT2D eigenvalue weighted by atomic mass is 79.9. The number of halogens is 3. The van der Waals surface area contributed by atoms with Gasteiger partial charge in [-0.1, -0.05) is 69.5 Å². The summed E-state index contributed by atoms with van der Waals surface area (Å²) in [4.78, 5) is -0.287. The van der Waals surface area contributed by atoms with Crippen LogP contribution in [0.2, 0.25) is 0 Å². The fourth-order valence-corrected chi connectivity index (χ4v) is 3.23. The molecule has 7 heteroatoms. The molecule has 0 bridgehead atoms. The third-order valence-corrected chi connectivity index (χ3v) is 5.03. The van der Waals surface area contributed by atoms with Gasteiger partial charge >= 0.3 is 0 Å². The van der Waals surface area contributed by atoms with Crippen LogP contribution in [0.15, 0.2) is 57.9 Å². The molecule has 0 aliphatic rings. The summed E-state index contributed by atoms with van der Waals surface area (Å²) in [7, 11) is -4.39. The van der Waals surface area contributed by atoms with Crippen LogP contribution in [0.5, 0.6) is 0 Å². The Balaban J connectivity index is 2.61. The summed E-state index contributed by atoms with van der Waals surface area (Å²) in [6.07, 6.45) is 0. The molecule has 2 rings (SSSR count). The monoisotopic (exact) mass is 406 g/mol. The molecule has 0 heterocycles. The fraction of sp³-hybridized carbons (Fsp3) is 0. The standard InChI is InChI=1S/C14H9BrCl2O3S/c15-10-7-5-9(6-8-10)13(16)14(17)11-3-1-2-4-12(11)21(18,19)20/h1-8H,(H,18,19,20). The molecule has 0 saturated heterocycles. The van der Waals surface area contributed by atoms with Crippen molar-refractivity contribution in [3.8, 4) is 0 Å². The Hall–Kier alpha value is -0.850. The van der Waals surface area contributed by atoms with E-state index in [9.17, 15) is 13.0 Å². The smallest absolute Gasteiger partial charge is 0.282 e. The van der Waals surface area contributed by atoms with Gasteiger partial charge < -0.3 is 0 Å². The average Bonchev–Trinajstić information content (AvgIpc) is 2.45. The Labute approximate surface area is 141 Å². The Morgan fingerprint density at radius 2 is 1.52 bits per heavy atom. The molecule has 0 spiro atoms. The average molecular weight is 408 g/mol. The van der Waals surface area contributed by atoms with Crippen molar-refractivity contribution < 1.29 is 13.0 Å². The van der Waals surface area contributed by atoms with Crippen LogP contribution in [0.25, 0.3) is 10.1 Å². The van der Waals surface area contributed by atoms with Crippen LogP contribution in [0.1, 0.15) is 11.1 Å². The summed E-state index contributed by atoms with van der Waals surface area (Å²) < 4.78 is 32.9. The molecule has 3 nitrogen and oxygen atoms in total. The van der Waals surface area contributed by atoms with E-state index in [1.54, 1.807) is 30.3 Å². The molecule has 0 fully saturated rings. The van der Waals surface area contributed by atoms with Gasteiger partial charge in [-0.3, -0.25) is 4.55 Å². The van der Waals surface area contributed by atoms with Crippen molar-refractivity contribution in [1.82, 2.24) is 0 Å². The molecule has 2 aromatic carbocycles. The second-order valence-corrected chi connectivity index (χ2v) is 7.17. The summed E-state index contributed by atoms with van der Waals surface area (Å²) in [6.45, 7) is 0. The minimum Gasteiger partial charge on any atom is -0.282 e. The fourth-order valence-electron chi connectivity index (χ4n) is 1.71. The highest BCUT2D eigenvalue weighted by Crippen LogP contribution is 2.35. The van der Waals surface area contributed by atoms with Crippen molar-refractivity contribution in [2.75, 3.05) is 0 Å². The van der Waals surface area contributed by atoms with Crippen molar-refractivity contribution in [3.63, 3.8) is 0 Å². The SMILES string of the molecule is O=S(=O)(O)c1ccccc1C(Cl)=C(Cl)c1ccc(Br)cc1. The molecule has 2 aromatic rings. The maximum atomic E-state index is 11.4. The van der Waals surface area contributed by atoms with E-state index < -0.39 is 10.1 Å². The molecule has 0 atom stereocenters. The molecule has 110 valence electrons. The van der Waals surface area contributed by atoms with E-state index >= 15 is 0 Å². The zero-order valence-electron chi connectivity index (χ0n) is 10.4. The number of hydrogen-bond donors (Lipinski definition) is 1. The van der Waals surface area contributed by atoms with E-state index in [1.807, 2.05) is 0 Å². The normalized spacial score (nSPS) is 13.0. The number of benzene rings is 2. The number of rotatable bonds is 3. The molecule has 1 N–H and O–H groups in total. The van der Waals surface area contributed by atoms with E-state index in [0.717, 1.165) is 4.47 Å². The van der Waals surface area contributed by atoms with Crippen LogP contribution in [-0.2, 0) is 10.1 Å². The van der Waals surface area contributed by atoms with Gasteiger partial charge in [0, 0.05) is 10.0 Å². The third-order valence-electron chi connectivity index (χ3n) is 2.69. The van der Waals surface area contributed by atoms with Gasteiger partial charge in [-0.15, -0.1) is 0 Å². The minimum absolute atomic E-state index is 0.0483. The lowest BCUT2D eigenvalue weighted by Crippen LogP contribution is -2.01. The Morgan fingerprint density at radius 3 is 2.10 bits per heavy atom. The van der Waals surface area contributed by atoms with Crippen LogP contribution >= 0.6 is 39.1 Å². The van der Waals surface area contributed by atoms with Crippen LogP contribution in [-0.4, -0.2) is 13.0 Å². The number of hydrogen-bond acceptors (Lipinski definition) is 2. The van der Waals surface area contributed by atoms with Crippen molar-refractivity contribution in [3.05, 3.63) is 64.1 Å². The van der Waals surface area contributed by atoms with E-state index in [4.69, 9.17) is 23.2 Å². The molecule has 21 heavy (non-hydrogen) atoms. The quantitative estimate of drug-likeness (QED) is 0.575. The molecule has 0 radical (unpaired) electrons. The molecule has 0 amide bonds. The van der Waals surface area contributed by atoms with Crippen molar-refractivity contribution >= 4 is 59.3 Å². The van der Waals surface area contributed by atoms with Crippen LogP contribution in [0, 0.1) is 0 Å². The molecular formula is C14H9BrCl2O3S. The van der Waals surface area contributed by atoms with Gasteiger partial charge in [0.25, 0.3) is 10.1 Å². The zero-order chi connectivity index (χ0) is 15.6. The summed E-state index contributed by atoms with van der Waals surface area (Å²) in [6, 6.07) is 12.9. The van der Waals surface area contributed by atoms with Crippen molar-refractivity contribution in [2.45, 2.75) is 4.90 Å². The first-order chi connectivity index (χ1) is 9.80. The zero-order valence-corrected chi connectivity index (χ0v) is 14.3. The second kappa shape index (κ2) is 6.50. The van der Waals surface area contributed by atoms with Gasteiger partial charge in [-0.05, 0) is 23.8 Å². The first-order valence-electron chi connectivity index (χ1n) is 5.69. The lowest BCUT2D eigenvalue weighted by molar-refractivity contribution is 0.483. The van der Waals surface area contributed by atoms with E-state index in [1.165, 1.54) is 18.2 Å². The Morgan fingerprint density at radius 1 is 0.952 bits per heavy atom. The van der Waals surface area contributed by atoms with Crippen LogP contribution < -0.4 is 0 Å². The van der Waals surface area contributed by atoms with Gasteiger partial charge in [0.15, 0.2) is 0 Å². The van der Waals surface area contributed by atoms with Gasteiger partial charge in [0.1, 0.15) is 4.90 Å². The molecule has 0 aromatic heterocycles. The maximum Gasteiger partial charge on any atom is 0.295 e. The topological polar surface area (TPSA) is 54.4 Å². The predicted octanol–water partition coefficient (Wildman–Crippen LogP) is 5.00. The van der Waals surface area contributed by atoms with E-state index in [2.05, 4.69) is 15.9 Å². The van der Waals surface area contributed by atoms with E-state index in [-0.39, 0.29) is 20.5 Å². The van der Waals surface area contributed by atoms with Crippen molar-refractivity contribution in [2.24, 2.45) is 0 Å². The minimum atomic E-state index is -4.39. The Bertz CT molecular complexity index is 799. The lowest BCUT2D eigenvalue weighted by Gasteiger charge is -2.08. The van der Waals surface area contributed by atoms with Crippen LogP contribution in [0.4, 0.5) is 0 Å². The van der Waals surface area contributed by atoms with E-state index in [0.29, 0.717) is 5.56 Å². The summed E-state index contributed by atoms with van der Waals surface area (Å²) in [5, 5.41) is 0.243. The van der Waals surface area contributed by atoms with Gasteiger partial charge in [0.2, 0.25) is 0 Å². The highest BCUT2D eigenvalue weighted by molar-refractivity contribution is 9.10. The van der Waals surface area contributed by atoms with Gasteiger partial charge in [0.05, 0.1) is 10.1 Å². The first-order valence-corrected chi connectivity index (χ1v) is 8.67. The maximum absolute atomic E-state index is 11.4. The summed E-state index contributed by atoms with van der Waals surface area (Å²) >= 11 is 15.7. The first kappa shape index (κ1) is 16.5. The van der Waals surface area contributed by atoms with Crippen LogP contribution in [0.3, 0.4) is 0 Å². The molecule has 0 aliphatic carbocycles. The van der Waals surface area contributed by atoms with Crippen molar-refractivity contribution in [1.29, 1.82) is 0 Å². The third kappa shape index (κ3) is 3.87. The van der Waals surface area contributed by atoms with Gasteiger partial charge in [-0.2, -0.15) is 8.42 Å². The molecular weight excluding hydrogens is 399 g/mol. The molecule has 0 unspecified atom stereocenters. The lowest BCUT2D eigenvalue weighted by atomic mass is 10.1. The highest BCUT2D eigenvalue weighted by Gasteiger charge is 2.18.